The molecule has 0 aliphatic heterocycles. The smallest absolute Gasteiger partial charge is 0.235 e. The summed E-state index contributed by atoms with van der Waals surface area (Å²) in [6, 6.07) is 3.56. The van der Waals surface area contributed by atoms with Crippen molar-refractivity contribution in [3.63, 3.8) is 0 Å². The Bertz CT molecular complexity index is 536. The summed E-state index contributed by atoms with van der Waals surface area (Å²) >= 11 is 2.52. The third-order valence-electron chi connectivity index (χ3n) is 2.67. The molecule has 0 radical (unpaired) electrons. The summed E-state index contributed by atoms with van der Waals surface area (Å²) in [5.74, 6) is -20.4. The fourth-order valence-electron chi connectivity index (χ4n) is 1.42. The van der Waals surface area contributed by atoms with Crippen LogP contribution in [0.4, 0.5) is 43.9 Å². The molecule has 22 heavy (non-hydrogen) atoms. The van der Waals surface area contributed by atoms with Gasteiger partial charge in [0.05, 0.1) is 0 Å². The van der Waals surface area contributed by atoms with Crippen molar-refractivity contribution in [2.45, 2.75) is 30.1 Å². The highest BCUT2D eigenvalue weighted by Gasteiger charge is 2.83. The lowest BCUT2D eigenvalue weighted by atomic mass is 9.95. The molecule has 0 aromatic heterocycles. The van der Waals surface area contributed by atoms with E-state index < -0.39 is 40.2 Å². The summed E-state index contributed by atoms with van der Waals surface area (Å²) in [5, 5.41) is 0. The van der Waals surface area contributed by atoms with Crippen LogP contribution in [0.2, 0.25) is 0 Å². The van der Waals surface area contributed by atoms with E-state index in [9.17, 15) is 43.9 Å². The molecule has 0 bridgehead atoms. The first-order valence-electron chi connectivity index (χ1n) is 5.26. The van der Waals surface area contributed by atoms with E-state index in [2.05, 4.69) is 15.9 Å². The summed E-state index contributed by atoms with van der Waals surface area (Å²) < 4.78 is 127. The Hall–Kier alpha value is -1.00. The standard InChI is InChI=1S/C11H5BrF10/c12-6-4-2-1-3-5(6)7(13)8(14,15)9(16,17)10(18,19)11(20,21)22/h1-4,7H. The molecule has 0 spiro atoms. The van der Waals surface area contributed by atoms with Gasteiger partial charge in [0.15, 0.2) is 6.17 Å². The molecule has 0 fully saturated rings. The van der Waals surface area contributed by atoms with Crippen LogP contribution < -0.4 is 0 Å². The van der Waals surface area contributed by atoms with Gasteiger partial charge in [-0.15, -0.1) is 0 Å². The van der Waals surface area contributed by atoms with Crippen molar-refractivity contribution in [3.8, 4) is 0 Å². The Morgan fingerprint density at radius 1 is 0.773 bits per heavy atom. The summed E-state index contributed by atoms with van der Waals surface area (Å²) in [7, 11) is 0. The van der Waals surface area contributed by atoms with Crippen LogP contribution in [-0.4, -0.2) is 23.9 Å². The summed E-state index contributed by atoms with van der Waals surface area (Å²) in [6.07, 6.45) is -11.1. The molecule has 0 aliphatic rings. The molecule has 0 amide bonds. The van der Waals surface area contributed by atoms with Crippen LogP contribution in [0, 0.1) is 0 Å². The van der Waals surface area contributed by atoms with Crippen molar-refractivity contribution in [2.75, 3.05) is 0 Å². The molecule has 11 heteroatoms. The predicted molar refractivity (Wildman–Crippen MR) is 58.9 cm³/mol. The Kier molecular flexibility index (Phi) is 4.82. The Labute approximate surface area is 125 Å². The monoisotopic (exact) mass is 406 g/mol. The topological polar surface area (TPSA) is 0 Å². The molecule has 0 nitrogen and oxygen atoms in total. The summed E-state index contributed by atoms with van der Waals surface area (Å²) in [4.78, 5) is 0. The maximum absolute atomic E-state index is 13.6. The van der Waals surface area contributed by atoms with Gasteiger partial charge in [-0.3, -0.25) is 0 Å². The number of halogens is 11. The molecule has 0 heterocycles. The number of benzene rings is 1. The maximum atomic E-state index is 13.6. The third-order valence-corrected chi connectivity index (χ3v) is 3.39. The van der Waals surface area contributed by atoms with E-state index in [4.69, 9.17) is 0 Å². The minimum atomic E-state index is -7.12. The van der Waals surface area contributed by atoms with Gasteiger partial charge in [0, 0.05) is 10.0 Å². The van der Waals surface area contributed by atoms with Crippen LogP contribution in [0.1, 0.15) is 11.7 Å². The van der Waals surface area contributed by atoms with Crippen LogP contribution in [0.3, 0.4) is 0 Å². The number of alkyl halides is 10. The number of rotatable bonds is 4. The molecule has 1 rings (SSSR count). The molecule has 1 atom stereocenters. The first-order chi connectivity index (χ1) is 9.68. The van der Waals surface area contributed by atoms with E-state index in [1.54, 1.807) is 0 Å². The van der Waals surface area contributed by atoms with Crippen LogP contribution in [0.25, 0.3) is 0 Å². The van der Waals surface area contributed by atoms with Gasteiger partial charge in [0.1, 0.15) is 0 Å². The first kappa shape index (κ1) is 19.0. The normalized spacial score (nSPS) is 15.8. The lowest BCUT2D eigenvalue weighted by Gasteiger charge is -2.35. The molecule has 1 unspecified atom stereocenters. The zero-order valence-corrected chi connectivity index (χ0v) is 11.6. The highest BCUT2D eigenvalue weighted by molar-refractivity contribution is 9.10. The van der Waals surface area contributed by atoms with Crippen molar-refractivity contribution in [2.24, 2.45) is 0 Å². The molecule has 0 N–H and O–H groups in total. The van der Waals surface area contributed by atoms with E-state index in [0.29, 0.717) is 6.07 Å². The van der Waals surface area contributed by atoms with E-state index >= 15 is 0 Å². The Balaban J connectivity index is 3.36. The molecule has 0 saturated heterocycles. The average Bonchev–Trinajstić information content (AvgIpc) is 2.36. The minimum Gasteiger partial charge on any atom is -0.235 e. The van der Waals surface area contributed by atoms with Gasteiger partial charge in [-0.25, -0.2) is 4.39 Å². The fourth-order valence-corrected chi connectivity index (χ4v) is 1.91. The van der Waals surface area contributed by atoms with Crippen molar-refractivity contribution in [1.29, 1.82) is 0 Å². The van der Waals surface area contributed by atoms with Crippen molar-refractivity contribution in [3.05, 3.63) is 34.3 Å². The van der Waals surface area contributed by atoms with Crippen LogP contribution in [-0.2, 0) is 0 Å². The first-order valence-corrected chi connectivity index (χ1v) is 6.06. The predicted octanol–water partition coefficient (Wildman–Crippen LogP) is 5.93. The van der Waals surface area contributed by atoms with Gasteiger partial charge < -0.3 is 0 Å². The third kappa shape index (κ3) is 2.79. The second-order valence-electron chi connectivity index (χ2n) is 4.15. The second-order valence-corrected chi connectivity index (χ2v) is 5.01. The van der Waals surface area contributed by atoms with Crippen LogP contribution >= 0.6 is 15.9 Å². The van der Waals surface area contributed by atoms with Gasteiger partial charge in [-0.05, 0) is 6.07 Å². The summed E-state index contributed by atoms with van der Waals surface area (Å²) in [5.41, 5.74) is -1.19. The molecular formula is C11H5BrF10. The molecule has 0 saturated carbocycles. The van der Waals surface area contributed by atoms with Gasteiger partial charge in [-0.1, -0.05) is 34.1 Å². The van der Waals surface area contributed by atoms with Gasteiger partial charge in [0.2, 0.25) is 0 Å². The highest BCUT2D eigenvalue weighted by atomic mass is 79.9. The highest BCUT2D eigenvalue weighted by Crippen LogP contribution is 2.57. The number of hydrogen-bond acceptors (Lipinski definition) is 0. The lowest BCUT2D eigenvalue weighted by molar-refractivity contribution is -0.403. The van der Waals surface area contributed by atoms with E-state index in [1.807, 2.05) is 0 Å². The van der Waals surface area contributed by atoms with E-state index in [1.165, 1.54) is 6.07 Å². The summed E-state index contributed by atoms with van der Waals surface area (Å²) in [6.45, 7) is 0. The Morgan fingerprint density at radius 3 is 1.64 bits per heavy atom. The molecule has 1 aromatic rings. The molecular weight excluding hydrogens is 402 g/mol. The zero-order valence-electron chi connectivity index (χ0n) is 10.0. The van der Waals surface area contributed by atoms with Gasteiger partial charge >= 0.3 is 23.9 Å². The zero-order chi connectivity index (χ0) is 17.6. The largest absolute Gasteiger partial charge is 0.460 e. The number of hydrogen-bond donors (Lipinski definition) is 0. The van der Waals surface area contributed by atoms with E-state index in [0.717, 1.165) is 12.1 Å². The lowest BCUT2D eigenvalue weighted by Crippen LogP contribution is -2.62. The second kappa shape index (κ2) is 5.57. The van der Waals surface area contributed by atoms with Crippen molar-refractivity contribution in [1.82, 2.24) is 0 Å². The fraction of sp³-hybridized carbons (Fsp3) is 0.455. The van der Waals surface area contributed by atoms with Crippen LogP contribution in [0.5, 0.6) is 0 Å². The average molecular weight is 407 g/mol. The maximum Gasteiger partial charge on any atom is 0.460 e. The van der Waals surface area contributed by atoms with E-state index in [-0.39, 0.29) is 0 Å². The quantitative estimate of drug-likeness (QED) is 0.543. The molecule has 1 aromatic carbocycles. The van der Waals surface area contributed by atoms with Crippen molar-refractivity contribution < 1.29 is 43.9 Å². The molecule has 126 valence electrons. The van der Waals surface area contributed by atoms with Gasteiger partial charge in [0.25, 0.3) is 0 Å². The van der Waals surface area contributed by atoms with Gasteiger partial charge in [-0.2, -0.15) is 39.5 Å². The SMILES string of the molecule is FC(c1ccccc1Br)C(F)(F)C(F)(F)C(F)(F)C(F)(F)F. The van der Waals surface area contributed by atoms with Crippen LogP contribution in [0.15, 0.2) is 28.7 Å². The van der Waals surface area contributed by atoms with Crippen molar-refractivity contribution >= 4 is 15.9 Å². The Morgan fingerprint density at radius 2 is 1.23 bits per heavy atom. The minimum absolute atomic E-state index is 0.492. The molecule has 0 aliphatic carbocycles.